The second-order valence-electron chi connectivity index (χ2n) is 4.76. The molecule has 2 rings (SSSR count). The van der Waals surface area contributed by atoms with Gasteiger partial charge in [0.25, 0.3) is 0 Å². The van der Waals surface area contributed by atoms with Crippen molar-refractivity contribution in [2.24, 2.45) is 5.73 Å². The van der Waals surface area contributed by atoms with Crippen LogP contribution in [0.4, 0.5) is 0 Å². The van der Waals surface area contributed by atoms with Gasteiger partial charge in [-0.05, 0) is 11.6 Å². The van der Waals surface area contributed by atoms with Crippen LogP contribution in [0.25, 0.3) is 0 Å². The van der Waals surface area contributed by atoms with Gasteiger partial charge in [0, 0.05) is 30.8 Å². The van der Waals surface area contributed by atoms with Crippen LogP contribution in [0.5, 0.6) is 11.5 Å². The molecule has 0 radical (unpaired) electrons. The summed E-state index contributed by atoms with van der Waals surface area (Å²) in [6.07, 6.45) is 0. The van der Waals surface area contributed by atoms with E-state index in [9.17, 15) is 0 Å². The van der Waals surface area contributed by atoms with E-state index in [0.29, 0.717) is 6.54 Å². The molecular formula is C17H22N2O2. The average molecular weight is 286 g/mol. The number of hydrogen-bond donors (Lipinski definition) is 2. The number of hydrogen-bond acceptors (Lipinski definition) is 4. The maximum atomic E-state index is 5.91. The first kappa shape index (κ1) is 15.4. The summed E-state index contributed by atoms with van der Waals surface area (Å²) in [4.78, 5) is 0. The second kappa shape index (κ2) is 7.67. The average Bonchev–Trinajstić information content (AvgIpc) is 2.56. The Morgan fingerprint density at radius 2 is 1.81 bits per heavy atom. The van der Waals surface area contributed by atoms with E-state index >= 15 is 0 Å². The molecule has 4 nitrogen and oxygen atoms in total. The van der Waals surface area contributed by atoms with E-state index in [4.69, 9.17) is 15.2 Å². The topological polar surface area (TPSA) is 56.5 Å². The number of benzene rings is 2. The summed E-state index contributed by atoms with van der Waals surface area (Å²) in [5.41, 5.74) is 8.18. The van der Waals surface area contributed by atoms with Crippen LogP contribution < -0.4 is 20.5 Å². The molecule has 3 N–H and O–H groups in total. The monoisotopic (exact) mass is 286 g/mol. The standard InChI is InChI=1S/C17H22N2O2/c1-20-14-8-9-15(17(10-14)21-2)16(11-18)19-12-13-6-4-3-5-7-13/h3-10,16,19H,11-12,18H2,1-2H3. The van der Waals surface area contributed by atoms with Crippen molar-refractivity contribution >= 4 is 0 Å². The third-order valence-electron chi connectivity index (χ3n) is 3.45. The van der Waals surface area contributed by atoms with E-state index in [-0.39, 0.29) is 6.04 Å². The zero-order chi connectivity index (χ0) is 15.1. The first-order valence-corrected chi connectivity index (χ1v) is 6.97. The first-order chi connectivity index (χ1) is 10.3. The lowest BCUT2D eigenvalue weighted by atomic mass is 10.0. The predicted molar refractivity (Wildman–Crippen MR) is 84.6 cm³/mol. The normalized spacial score (nSPS) is 12.0. The fourth-order valence-corrected chi connectivity index (χ4v) is 2.26. The molecule has 0 saturated heterocycles. The highest BCUT2D eigenvalue weighted by Crippen LogP contribution is 2.29. The highest BCUT2D eigenvalue weighted by atomic mass is 16.5. The number of methoxy groups -OCH3 is 2. The summed E-state index contributed by atoms with van der Waals surface area (Å²) in [7, 11) is 3.30. The van der Waals surface area contributed by atoms with Crippen LogP contribution >= 0.6 is 0 Å². The van der Waals surface area contributed by atoms with E-state index in [1.165, 1.54) is 5.56 Å². The third-order valence-corrected chi connectivity index (χ3v) is 3.45. The lowest BCUT2D eigenvalue weighted by Gasteiger charge is -2.20. The van der Waals surface area contributed by atoms with E-state index in [1.54, 1.807) is 14.2 Å². The Balaban J connectivity index is 2.13. The molecule has 0 aromatic heterocycles. The Bertz CT molecular complexity index is 558. The van der Waals surface area contributed by atoms with Gasteiger partial charge >= 0.3 is 0 Å². The molecule has 0 fully saturated rings. The Hall–Kier alpha value is -2.04. The van der Waals surface area contributed by atoms with Crippen LogP contribution in [-0.4, -0.2) is 20.8 Å². The molecule has 21 heavy (non-hydrogen) atoms. The van der Waals surface area contributed by atoms with Gasteiger partial charge in [0.2, 0.25) is 0 Å². The summed E-state index contributed by atoms with van der Waals surface area (Å²) >= 11 is 0. The molecular weight excluding hydrogens is 264 g/mol. The van der Waals surface area contributed by atoms with Gasteiger partial charge in [0.15, 0.2) is 0 Å². The molecule has 112 valence electrons. The van der Waals surface area contributed by atoms with E-state index < -0.39 is 0 Å². The lowest BCUT2D eigenvalue weighted by molar-refractivity contribution is 0.384. The predicted octanol–water partition coefficient (Wildman–Crippen LogP) is 2.49. The Morgan fingerprint density at radius 1 is 1.05 bits per heavy atom. The summed E-state index contributed by atoms with van der Waals surface area (Å²) in [5, 5.41) is 3.47. The Morgan fingerprint density at radius 3 is 2.43 bits per heavy atom. The Labute approximate surface area is 125 Å². The summed E-state index contributed by atoms with van der Waals surface area (Å²) in [6.45, 7) is 1.26. The molecule has 0 amide bonds. The first-order valence-electron chi connectivity index (χ1n) is 6.97. The van der Waals surface area contributed by atoms with Gasteiger partial charge in [-0.25, -0.2) is 0 Å². The molecule has 2 aromatic rings. The van der Waals surface area contributed by atoms with Gasteiger partial charge in [-0.15, -0.1) is 0 Å². The summed E-state index contributed by atoms with van der Waals surface area (Å²) in [6, 6.07) is 16.1. The highest BCUT2D eigenvalue weighted by molar-refractivity contribution is 5.42. The van der Waals surface area contributed by atoms with Crippen LogP contribution in [0.1, 0.15) is 17.2 Å². The molecule has 1 atom stereocenters. The van der Waals surface area contributed by atoms with Crippen LogP contribution in [0.2, 0.25) is 0 Å². The molecule has 2 aromatic carbocycles. The third kappa shape index (κ3) is 3.97. The van der Waals surface area contributed by atoms with Gasteiger partial charge in [0.05, 0.1) is 14.2 Å². The smallest absolute Gasteiger partial charge is 0.127 e. The van der Waals surface area contributed by atoms with Gasteiger partial charge in [-0.3, -0.25) is 0 Å². The molecule has 0 bridgehead atoms. The number of nitrogens with two attached hydrogens (primary N) is 1. The van der Waals surface area contributed by atoms with Crippen molar-refractivity contribution in [3.05, 3.63) is 59.7 Å². The van der Waals surface area contributed by atoms with Crippen molar-refractivity contribution in [1.29, 1.82) is 0 Å². The van der Waals surface area contributed by atoms with Crippen LogP contribution in [-0.2, 0) is 6.54 Å². The molecule has 4 heteroatoms. The lowest BCUT2D eigenvalue weighted by Crippen LogP contribution is -2.28. The molecule has 0 aliphatic carbocycles. The van der Waals surface area contributed by atoms with Gasteiger partial charge in [0.1, 0.15) is 11.5 Å². The SMILES string of the molecule is COc1ccc(C(CN)NCc2ccccc2)c(OC)c1. The molecule has 0 heterocycles. The quantitative estimate of drug-likeness (QED) is 0.821. The Kier molecular flexibility index (Phi) is 5.60. The molecule has 1 unspecified atom stereocenters. The molecule has 0 aliphatic rings. The zero-order valence-corrected chi connectivity index (χ0v) is 12.5. The molecule has 0 saturated carbocycles. The second-order valence-corrected chi connectivity index (χ2v) is 4.76. The van der Waals surface area contributed by atoms with Crippen LogP contribution in [0.15, 0.2) is 48.5 Å². The van der Waals surface area contributed by atoms with Crippen molar-refractivity contribution in [2.45, 2.75) is 12.6 Å². The maximum absolute atomic E-state index is 5.91. The fraction of sp³-hybridized carbons (Fsp3) is 0.294. The molecule has 0 aliphatic heterocycles. The van der Waals surface area contributed by atoms with E-state index in [2.05, 4.69) is 17.4 Å². The molecule has 0 spiro atoms. The minimum atomic E-state index is 0.0334. The zero-order valence-electron chi connectivity index (χ0n) is 12.5. The fourth-order valence-electron chi connectivity index (χ4n) is 2.26. The summed E-state index contributed by atoms with van der Waals surface area (Å²) in [5.74, 6) is 1.56. The van der Waals surface area contributed by atoms with Crippen molar-refractivity contribution < 1.29 is 9.47 Å². The van der Waals surface area contributed by atoms with Crippen molar-refractivity contribution in [1.82, 2.24) is 5.32 Å². The van der Waals surface area contributed by atoms with Crippen LogP contribution in [0, 0.1) is 0 Å². The van der Waals surface area contributed by atoms with Crippen molar-refractivity contribution in [3.8, 4) is 11.5 Å². The maximum Gasteiger partial charge on any atom is 0.127 e. The minimum Gasteiger partial charge on any atom is -0.497 e. The number of rotatable bonds is 7. The van der Waals surface area contributed by atoms with Gasteiger partial charge in [-0.2, -0.15) is 0 Å². The van der Waals surface area contributed by atoms with Crippen molar-refractivity contribution in [2.75, 3.05) is 20.8 Å². The van der Waals surface area contributed by atoms with Gasteiger partial charge in [-0.1, -0.05) is 36.4 Å². The largest absolute Gasteiger partial charge is 0.497 e. The van der Waals surface area contributed by atoms with Crippen LogP contribution in [0.3, 0.4) is 0 Å². The number of ether oxygens (including phenoxy) is 2. The van der Waals surface area contributed by atoms with E-state index in [0.717, 1.165) is 23.6 Å². The number of nitrogens with one attached hydrogen (secondary N) is 1. The minimum absolute atomic E-state index is 0.0334. The van der Waals surface area contributed by atoms with Gasteiger partial charge < -0.3 is 20.5 Å². The summed E-state index contributed by atoms with van der Waals surface area (Å²) < 4.78 is 10.7. The van der Waals surface area contributed by atoms with Crippen molar-refractivity contribution in [3.63, 3.8) is 0 Å². The highest BCUT2D eigenvalue weighted by Gasteiger charge is 2.15. The van der Waals surface area contributed by atoms with E-state index in [1.807, 2.05) is 36.4 Å².